The van der Waals surface area contributed by atoms with Crippen molar-refractivity contribution in [1.29, 1.82) is 0 Å². The van der Waals surface area contributed by atoms with Gasteiger partial charge in [0.1, 0.15) is 5.15 Å². The van der Waals surface area contributed by atoms with Crippen molar-refractivity contribution in [2.24, 2.45) is 0 Å². The monoisotopic (exact) mass is 203 g/mol. The van der Waals surface area contributed by atoms with E-state index in [1.165, 1.54) is 11.8 Å². The van der Waals surface area contributed by atoms with Crippen molar-refractivity contribution in [1.82, 2.24) is 4.98 Å². The van der Waals surface area contributed by atoms with Gasteiger partial charge in [-0.3, -0.25) is 0 Å². The second-order valence-corrected chi connectivity index (χ2v) is 3.23. The van der Waals surface area contributed by atoms with Crippen LogP contribution in [-0.4, -0.2) is 22.3 Å². The third kappa shape index (κ3) is 1.89. The van der Waals surface area contributed by atoms with E-state index in [4.69, 9.17) is 16.7 Å². The van der Waals surface area contributed by atoms with Crippen LogP contribution in [0.4, 0.5) is 0 Å². The van der Waals surface area contributed by atoms with Crippen LogP contribution in [-0.2, 0) is 0 Å². The zero-order valence-corrected chi connectivity index (χ0v) is 7.82. The van der Waals surface area contributed by atoms with Gasteiger partial charge >= 0.3 is 5.97 Å². The largest absolute Gasteiger partial charge is 0.476 e. The van der Waals surface area contributed by atoms with Crippen molar-refractivity contribution >= 4 is 29.3 Å². The molecule has 1 rings (SSSR count). The summed E-state index contributed by atoms with van der Waals surface area (Å²) >= 11 is 6.86. The topological polar surface area (TPSA) is 50.2 Å². The zero-order valence-electron chi connectivity index (χ0n) is 6.24. The second kappa shape index (κ2) is 3.78. The molecule has 5 heteroatoms. The number of aromatic nitrogens is 1. The summed E-state index contributed by atoms with van der Waals surface area (Å²) in [5.41, 5.74) is 0.00926. The van der Waals surface area contributed by atoms with E-state index in [0.29, 0.717) is 4.90 Å². The minimum absolute atomic E-state index is 0.00926. The van der Waals surface area contributed by atoms with E-state index < -0.39 is 5.97 Å². The first-order valence-electron chi connectivity index (χ1n) is 3.09. The van der Waals surface area contributed by atoms with Gasteiger partial charge in [-0.25, -0.2) is 9.78 Å². The number of rotatable bonds is 2. The van der Waals surface area contributed by atoms with Gasteiger partial charge in [-0.2, -0.15) is 0 Å². The molecule has 0 aliphatic carbocycles. The van der Waals surface area contributed by atoms with Crippen LogP contribution in [0.3, 0.4) is 0 Å². The molecule has 0 saturated carbocycles. The van der Waals surface area contributed by atoms with Gasteiger partial charge in [0.05, 0.1) is 0 Å². The molecule has 0 aliphatic heterocycles. The van der Waals surface area contributed by atoms with Crippen LogP contribution in [0.5, 0.6) is 0 Å². The molecule has 0 unspecified atom stereocenters. The number of hydrogen-bond donors (Lipinski definition) is 1. The average molecular weight is 204 g/mol. The van der Waals surface area contributed by atoms with Crippen molar-refractivity contribution in [3.8, 4) is 0 Å². The van der Waals surface area contributed by atoms with E-state index in [9.17, 15) is 4.79 Å². The van der Waals surface area contributed by atoms with E-state index in [1.807, 2.05) is 0 Å². The molecule has 0 spiro atoms. The molecule has 0 bridgehead atoms. The molecule has 0 saturated heterocycles. The predicted octanol–water partition coefficient (Wildman–Crippen LogP) is 2.16. The van der Waals surface area contributed by atoms with Gasteiger partial charge < -0.3 is 5.11 Å². The van der Waals surface area contributed by atoms with Gasteiger partial charge in [-0.05, 0) is 18.4 Å². The molecular formula is C7H6ClNO2S. The maximum Gasteiger partial charge on any atom is 0.355 e. The third-order valence-electron chi connectivity index (χ3n) is 1.25. The van der Waals surface area contributed by atoms with Crippen LogP contribution in [0, 0.1) is 0 Å². The minimum atomic E-state index is -1.05. The Balaban J connectivity index is 3.21. The van der Waals surface area contributed by atoms with Crippen LogP contribution in [0.25, 0.3) is 0 Å². The molecule has 0 aromatic carbocycles. The van der Waals surface area contributed by atoms with Crippen molar-refractivity contribution in [2.75, 3.05) is 6.26 Å². The maximum absolute atomic E-state index is 10.6. The first kappa shape index (κ1) is 9.35. The lowest BCUT2D eigenvalue weighted by atomic mass is 10.3. The van der Waals surface area contributed by atoms with Gasteiger partial charge in [-0.15, -0.1) is 11.8 Å². The van der Waals surface area contributed by atoms with Gasteiger partial charge in [-0.1, -0.05) is 11.6 Å². The molecule has 1 N–H and O–H groups in total. The van der Waals surface area contributed by atoms with E-state index >= 15 is 0 Å². The summed E-state index contributed by atoms with van der Waals surface area (Å²) in [7, 11) is 0. The molecule has 1 heterocycles. The number of carboxylic acids is 1. The summed E-state index contributed by atoms with van der Waals surface area (Å²) in [5.74, 6) is -1.05. The lowest BCUT2D eigenvalue weighted by Crippen LogP contribution is -2.02. The highest BCUT2D eigenvalue weighted by molar-refractivity contribution is 7.98. The van der Waals surface area contributed by atoms with Crippen molar-refractivity contribution in [3.05, 3.63) is 23.0 Å². The summed E-state index contributed by atoms with van der Waals surface area (Å²) in [6.07, 6.45) is 1.79. The molecule has 0 radical (unpaired) electrons. The molecule has 12 heavy (non-hydrogen) atoms. The minimum Gasteiger partial charge on any atom is -0.476 e. The van der Waals surface area contributed by atoms with E-state index in [-0.39, 0.29) is 10.8 Å². The Morgan fingerprint density at radius 2 is 2.33 bits per heavy atom. The first-order chi connectivity index (χ1) is 5.65. The Morgan fingerprint density at radius 3 is 2.83 bits per heavy atom. The zero-order chi connectivity index (χ0) is 9.14. The molecule has 0 atom stereocenters. The molecule has 0 fully saturated rings. The molecule has 1 aromatic rings. The molecule has 64 valence electrons. The summed E-state index contributed by atoms with van der Waals surface area (Å²) in [5, 5.41) is 8.89. The lowest BCUT2D eigenvalue weighted by molar-refractivity contribution is 0.0686. The number of thioether (sulfide) groups is 1. The smallest absolute Gasteiger partial charge is 0.355 e. The van der Waals surface area contributed by atoms with Crippen molar-refractivity contribution in [2.45, 2.75) is 4.90 Å². The summed E-state index contributed by atoms with van der Waals surface area (Å²) in [6.45, 7) is 0. The van der Waals surface area contributed by atoms with Gasteiger partial charge in [0, 0.05) is 4.90 Å². The van der Waals surface area contributed by atoms with E-state index in [0.717, 1.165) is 0 Å². The van der Waals surface area contributed by atoms with Crippen LogP contribution in [0.15, 0.2) is 17.0 Å². The van der Waals surface area contributed by atoms with Gasteiger partial charge in [0.2, 0.25) is 0 Å². The SMILES string of the molecule is CSc1ccc(Cl)nc1C(=O)O. The number of halogens is 1. The van der Waals surface area contributed by atoms with Gasteiger partial charge in [0.25, 0.3) is 0 Å². The maximum atomic E-state index is 10.6. The average Bonchev–Trinajstić information content (AvgIpc) is 2.04. The lowest BCUT2D eigenvalue weighted by Gasteiger charge is -2.00. The number of pyridine rings is 1. The van der Waals surface area contributed by atoms with Crippen molar-refractivity contribution < 1.29 is 9.90 Å². The fraction of sp³-hybridized carbons (Fsp3) is 0.143. The quantitative estimate of drug-likeness (QED) is 0.591. The molecule has 3 nitrogen and oxygen atoms in total. The molecule has 0 amide bonds. The fourth-order valence-corrected chi connectivity index (χ4v) is 1.42. The highest BCUT2D eigenvalue weighted by Gasteiger charge is 2.11. The van der Waals surface area contributed by atoms with Gasteiger partial charge in [0.15, 0.2) is 5.69 Å². The summed E-state index contributed by atoms with van der Waals surface area (Å²) in [4.78, 5) is 14.9. The Hall–Kier alpha value is -0.740. The highest BCUT2D eigenvalue weighted by Crippen LogP contribution is 2.20. The standard InChI is InChI=1S/C7H6ClNO2S/c1-12-4-2-3-5(8)9-6(4)7(10)11/h2-3H,1H3,(H,10,11). The van der Waals surface area contributed by atoms with Crippen LogP contribution in [0.2, 0.25) is 5.15 Å². The number of carbonyl (C=O) groups is 1. The molecule has 1 aromatic heterocycles. The number of aromatic carboxylic acids is 1. The van der Waals surface area contributed by atoms with E-state index in [2.05, 4.69) is 4.98 Å². The Labute approximate surface area is 78.8 Å². The summed E-state index contributed by atoms with van der Waals surface area (Å²) in [6, 6.07) is 3.21. The van der Waals surface area contributed by atoms with Crippen LogP contribution >= 0.6 is 23.4 Å². The summed E-state index contributed by atoms with van der Waals surface area (Å²) < 4.78 is 0. The first-order valence-corrected chi connectivity index (χ1v) is 4.69. The number of carboxylic acid groups (broad SMARTS) is 1. The van der Waals surface area contributed by atoms with Crippen LogP contribution < -0.4 is 0 Å². The predicted molar refractivity (Wildman–Crippen MR) is 48.0 cm³/mol. The van der Waals surface area contributed by atoms with Crippen LogP contribution in [0.1, 0.15) is 10.5 Å². The normalized spacial score (nSPS) is 9.83. The Morgan fingerprint density at radius 1 is 1.67 bits per heavy atom. The fourth-order valence-electron chi connectivity index (χ4n) is 0.740. The Bertz CT molecular complexity index is 316. The van der Waals surface area contributed by atoms with E-state index in [1.54, 1.807) is 18.4 Å². The Kier molecular flexibility index (Phi) is 2.94. The van der Waals surface area contributed by atoms with Crippen molar-refractivity contribution in [3.63, 3.8) is 0 Å². The molecular weight excluding hydrogens is 198 g/mol. The second-order valence-electron chi connectivity index (χ2n) is 1.99. The highest BCUT2D eigenvalue weighted by atomic mass is 35.5. The molecule has 0 aliphatic rings. The number of hydrogen-bond acceptors (Lipinski definition) is 3. The third-order valence-corrected chi connectivity index (χ3v) is 2.23. The number of nitrogens with zero attached hydrogens (tertiary/aromatic N) is 1.